The first-order chi connectivity index (χ1) is 28.5. The summed E-state index contributed by atoms with van der Waals surface area (Å²) in [6.07, 6.45) is 3.81. The van der Waals surface area contributed by atoms with E-state index in [1.165, 1.54) is 24.6 Å². The number of nitrogens with one attached hydrogen (secondary N) is 3. The SMILES string of the molecule is Cc1cccc(NC(=O)c2ccc(-c3nn4c(c3C(N)=O)Nc3ccc(N5CCN(C6CC(c7ccc([C@H]8CCC(=O)NC8=O)cc7)C6)CC5)cc3CC4)c(F)c2C)n1. The molecule has 0 spiro atoms. The summed E-state index contributed by atoms with van der Waals surface area (Å²) in [4.78, 5) is 59.3. The maximum atomic E-state index is 16.1. The highest BCUT2D eigenvalue weighted by atomic mass is 19.1. The van der Waals surface area contributed by atoms with E-state index < -0.39 is 17.6 Å². The van der Waals surface area contributed by atoms with Gasteiger partial charge in [0.1, 0.15) is 28.7 Å². The van der Waals surface area contributed by atoms with E-state index in [0.29, 0.717) is 49.4 Å². The first-order valence-corrected chi connectivity index (χ1v) is 20.3. The number of benzene rings is 3. The van der Waals surface area contributed by atoms with E-state index in [9.17, 15) is 19.2 Å². The molecule has 5 aromatic rings. The average Bonchev–Trinajstić information content (AvgIpc) is 3.46. The highest BCUT2D eigenvalue weighted by Crippen LogP contribution is 2.42. The summed E-state index contributed by atoms with van der Waals surface area (Å²) in [7, 11) is 0. The third-order valence-electron chi connectivity index (χ3n) is 12.5. The molecule has 3 aromatic carbocycles. The second-order valence-corrected chi connectivity index (χ2v) is 16.1. The largest absolute Gasteiger partial charge is 0.369 e. The molecule has 9 rings (SSSR count). The third-order valence-corrected chi connectivity index (χ3v) is 12.5. The van der Waals surface area contributed by atoms with Crippen LogP contribution in [0.4, 0.5) is 27.4 Å². The van der Waals surface area contributed by atoms with E-state index in [4.69, 9.17) is 10.8 Å². The molecule has 302 valence electrons. The molecule has 5 heterocycles. The van der Waals surface area contributed by atoms with Crippen molar-refractivity contribution in [2.75, 3.05) is 41.7 Å². The molecule has 1 atom stereocenters. The smallest absolute Gasteiger partial charge is 0.257 e. The van der Waals surface area contributed by atoms with E-state index in [2.05, 4.69) is 67.1 Å². The minimum atomic E-state index is -0.739. The molecule has 1 aliphatic carbocycles. The molecule has 5 N–H and O–H groups in total. The van der Waals surface area contributed by atoms with Crippen LogP contribution in [-0.4, -0.2) is 75.5 Å². The van der Waals surface area contributed by atoms with Crippen molar-refractivity contribution >= 4 is 46.6 Å². The Morgan fingerprint density at radius 2 is 1.64 bits per heavy atom. The van der Waals surface area contributed by atoms with E-state index >= 15 is 4.39 Å². The number of imide groups is 1. The second kappa shape index (κ2) is 15.4. The second-order valence-electron chi connectivity index (χ2n) is 16.1. The molecule has 1 saturated carbocycles. The number of halogens is 1. The fraction of sp³-hybridized carbons (Fsp3) is 0.333. The number of anilines is 4. The Balaban J connectivity index is 0.835. The topological polar surface area (TPSA) is 168 Å². The Bertz CT molecular complexity index is 2500. The third kappa shape index (κ3) is 7.33. The molecule has 4 amide bonds. The lowest BCUT2D eigenvalue weighted by molar-refractivity contribution is -0.134. The van der Waals surface area contributed by atoms with Crippen LogP contribution in [0.15, 0.2) is 72.8 Å². The standard InChI is InChI=1S/C45H46FN9O4/c1-25-4-3-5-37(48-25)50-44(58)33-11-12-35(40(46)26(33)2)41-39(42(47)57)43-49-36-14-10-31(22-29(36)16-17-55(43)52-41)53-18-20-54(21-19-53)32-23-30(24-32)27-6-8-28(9-7-27)34-13-15-38(56)51-45(34)59/h3-12,14,22,30,32,34,49H,13,15-21,23-24H2,1-2H3,(H2,47,57)(H,48,50,58)(H,51,56,59)/t30?,32?,34-/m1/s1. The molecular weight excluding hydrogens is 750 g/mol. The molecular formula is C45H46FN9O4. The number of carbonyl (C=O) groups excluding carboxylic acids is 4. The highest BCUT2D eigenvalue weighted by Gasteiger charge is 2.37. The van der Waals surface area contributed by atoms with Crippen LogP contribution in [-0.2, 0) is 22.6 Å². The van der Waals surface area contributed by atoms with E-state index in [1.54, 1.807) is 16.8 Å². The molecule has 2 aromatic heterocycles. The zero-order valence-electron chi connectivity index (χ0n) is 33.1. The number of fused-ring (bicyclic) bond motifs is 2. The van der Waals surface area contributed by atoms with Crippen LogP contribution in [0.3, 0.4) is 0 Å². The first-order valence-electron chi connectivity index (χ1n) is 20.3. The normalized spacial score (nSPS) is 20.4. The fourth-order valence-corrected chi connectivity index (χ4v) is 9.06. The number of rotatable bonds is 8. The van der Waals surface area contributed by atoms with Crippen LogP contribution >= 0.6 is 0 Å². The van der Waals surface area contributed by atoms with Gasteiger partial charge in [-0.25, -0.2) is 14.1 Å². The van der Waals surface area contributed by atoms with Crippen molar-refractivity contribution < 1.29 is 23.6 Å². The van der Waals surface area contributed by atoms with Crippen molar-refractivity contribution in [1.82, 2.24) is 25.0 Å². The lowest BCUT2D eigenvalue weighted by Crippen LogP contribution is -2.53. The number of piperazine rings is 1. The number of nitrogens with two attached hydrogens (primary N) is 1. The van der Waals surface area contributed by atoms with Crippen molar-refractivity contribution in [1.29, 1.82) is 0 Å². The molecule has 3 aliphatic heterocycles. The van der Waals surface area contributed by atoms with Gasteiger partial charge in [0, 0.05) is 73.4 Å². The quantitative estimate of drug-likeness (QED) is 0.139. The number of primary amides is 1. The van der Waals surface area contributed by atoms with Crippen LogP contribution < -0.4 is 26.6 Å². The van der Waals surface area contributed by atoms with Gasteiger partial charge >= 0.3 is 0 Å². The predicted molar refractivity (Wildman–Crippen MR) is 222 cm³/mol. The van der Waals surface area contributed by atoms with Gasteiger partial charge in [0.2, 0.25) is 11.8 Å². The molecule has 3 fully saturated rings. The van der Waals surface area contributed by atoms with Crippen LogP contribution in [0, 0.1) is 19.7 Å². The predicted octanol–water partition coefficient (Wildman–Crippen LogP) is 5.94. The zero-order valence-corrected chi connectivity index (χ0v) is 33.1. The van der Waals surface area contributed by atoms with Gasteiger partial charge in [-0.05, 0) is 110 Å². The van der Waals surface area contributed by atoms with Crippen LogP contribution in [0.25, 0.3) is 11.3 Å². The zero-order chi connectivity index (χ0) is 40.9. The molecule has 4 aliphatic rings. The summed E-state index contributed by atoms with van der Waals surface area (Å²) >= 11 is 0. The van der Waals surface area contributed by atoms with Gasteiger partial charge in [0.25, 0.3) is 11.8 Å². The van der Waals surface area contributed by atoms with Gasteiger partial charge < -0.3 is 21.3 Å². The number of hydrogen-bond donors (Lipinski definition) is 4. The molecule has 59 heavy (non-hydrogen) atoms. The van der Waals surface area contributed by atoms with Gasteiger partial charge in [-0.3, -0.25) is 29.4 Å². The molecule has 0 unspecified atom stereocenters. The molecule has 14 heteroatoms. The summed E-state index contributed by atoms with van der Waals surface area (Å²) in [6.45, 7) is 7.57. The molecule has 13 nitrogen and oxygen atoms in total. The molecule has 0 radical (unpaired) electrons. The van der Waals surface area contributed by atoms with Crippen molar-refractivity contribution in [3.8, 4) is 11.3 Å². The minimum absolute atomic E-state index is 0.0803. The van der Waals surface area contributed by atoms with Gasteiger partial charge in [-0.2, -0.15) is 5.10 Å². The first kappa shape index (κ1) is 38.1. The number of aromatic nitrogens is 3. The Kier molecular flexibility index (Phi) is 9.95. The monoisotopic (exact) mass is 795 g/mol. The number of nitrogens with zero attached hydrogens (tertiary/aromatic N) is 5. The summed E-state index contributed by atoms with van der Waals surface area (Å²) in [5.41, 5.74) is 12.6. The number of amides is 4. The average molecular weight is 796 g/mol. The summed E-state index contributed by atoms with van der Waals surface area (Å²) in [5.74, 6) is -1.27. The molecule has 0 bridgehead atoms. The van der Waals surface area contributed by atoms with Crippen molar-refractivity contribution in [2.45, 2.75) is 70.4 Å². The van der Waals surface area contributed by atoms with E-state index in [1.807, 2.05) is 19.1 Å². The van der Waals surface area contributed by atoms with Gasteiger partial charge in [0.15, 0.2) is 0 Å². The molecule has 2 saturated heterocycles. The van der Waals surface area contributed by atoms with Crippen LogP contribution in [0.5, 0.6) is 0 Å². The lowest BCUT2D eigenvalue weighted by atomic mass is 9.74. The maximum Gasteiger partial charge on any atom is 0.257 e. The number of aryl methyl sites for hydroxylation is 3. The fourth-order valence-electron chi connectivity index (χ4n) is 9.06. The Labute approximate surface area is 341 Å². The summed E-state index contributed by atoms with van der Waals surface area (Å²) < 4.78 is 17.8. The van der Waals surface area contributed by atoms with Gasteiger partial charge in [-0.1, -0.05) is 30.3 Å². The highest BCUT2D eigenvalue weighted by molar-refractivity contribution is 6.07. The Morgan fingerprint density at radius 3 is 2.37 bits per heavy atom. The van der Waals surface area contributed by atoms with Gasteiger partial charge in [-0.15, -0.1) is 0 Å². The number of pyridine rings is 1. The summed E-state index contributed by atoms with van der Waals surface area (Å²) in [5, 5.41) is 13.3. The van der Waals surface area contributed by atoms with Crippen molar-refractivity contribution in [3.05, 3.63) is 118 Å². The maximum absolute atomic E-state index is 16.1. The van der Waals surface area contributed by atoms with Gasteiger partial charge in [0.05, 0.1) is 5.92 Å². The summed E-state index contributed by atoms with van der Waals surface area (Å²) in [6, 6.07) is 23.5. The van der Waals surface area contributed by atoms with Crippen LogP contribution in [0.2, 0.25) is 0 Å². The van der Waals surface area contributed by atoms with E-state index in [-0.39, 0.29) is 45.7 Å². The Hall–Kier alpha value is -6.41. The number of piperidine rings is 1. The lowest BCUT2D eigenvalue weighted by Gasteiger charge is -2.47. The minimum Gasteiger partial charge on any atom is -0.369 e. The van der Waals surface area contributed by atoms with Crippen molar-refractivity contribution in [2.24, 2.45) is 5.73 Å². The van der Waals surface area contributed by atoms with E-state index in [0.717, 1.165) is 67.2 Å². The van der Waals surface area contributed by atoms with Crippen LogP contribution in [0.1, 0.15) is 86.2 Å². The Morgan fingerprint density at radius 1 is 0.881 bits per heavy atom. The number of carbonyl (C=O) groups is 4. The van der Waals surface area contributed by atoms with Crippen molar-refractivity contribution in [3.63, 3.8) is 0 Å². The number of hydrogen-bond acceptors (Lipinski definition) is 9.